The van der Waals surface area contributed by atoms with Crippen LogP contribution in [0.2, 0.25) is 5.02 Å². The van der Waals surface area contributed by atoms with E-state index in [1.54, 1.807) is 24.3 Å². The fraction of sp³-hybridized carbons (Fsp3) is 0. The lowest BCUT2D eigenvalue weighted by molar-refractivity contribution is 0.439. The van der Waals surface area contributed by atoms with Crippen molar-refractivity contribution in [3.63, 3.8) is 0 Å². The van der Waals surface area contributed by atoms with Gasteiger partial charge in [0.05, 0.1) is 0 Å². The third-order valence-electron chi connectivity index (χ3n) is 1.87. The molecule has 0 unspecified atom stereocenters. The van der Waals surface area contributed by atoms with Crippen LogP contribution in [0.25, 0.3) is 11.3 Å². The first kappa shape index (κ1) is 8.90. The fourth-order valence-electron chi connectivity index (χ4n) is 1.13. The van der Waals surface area contributed by atoms with Crippen molar-refractivity contribution in [2.45, 2.75) is 0 Å². The SMILES string of the molecule is Nc1onc(-c2ccc(Cl)cc2)c1N. The highest BCUT2D eigenvalue weighted by molar-refractivity contribution is 6.30. The van der Waals surface area contributed by atoms with Gasteiger partial charge in [-0.2, -0.15) is 0 Å². The second kappa shape index (κ2) is 3.23. The molecule has 1 heterocycles. The molecule has 0 atom stereocenters. The van der Waals surface area contributed by atoms with Crippen molar-refractivity contribution >= 4 is 23.2 Å². The number of nitrogen functional groups attached to an aromatic ring is 2. The Hall–Kier alpha value is -1.68. The molecule has 0 fully saturated rings. The van der Waals surface area contributed by atoms with Crippen LogP contribution in [0, 0.1) is 0 Å². The molecule has 2 rings (SSSR count). The Morgan fingerprint density at radius 3 is 2.29 bits per heavy atom. The highest BCUT2D eigenvalue weighted by Gasteiger charge is 2.11. The molecule has 1 aromatic heterocycles. The average Bonchev–Trinajstić information content (AvgIpc) is 2.50. The van der Waals surface area contributed by atoms with E-state index in [1.165, 1.54) is 0 Å². The molecular formula is C9H8ClN3O. The standard InChI is InChI=1S/C9H8ClN3O/c10-6-3-1-5(2-4-6)8-7(11)9(12)14-13-8/h1-4H,11-12H2. The zero-order valence-electron chi connectivity index (χ0n) is 7.20. The van der Waals surface area contributed by atoms with Gasteiger partial charge in [0.2, 0.25) is 5.88 Å². The van der Waals surface area contributed by atoms with Crippen LogP contribution in [-0.4, -0.2) is 5.16 Å². The summed E-state index contributed by atoms with van der Waals surface area (Å²) < 4.78 is 4.75. The van der Waals surface area contributed by atoms with Gasteiger partial charge in [-0.25, -0.2) is 0 Å². The monoisotopic (exact) mass is 209 g/mol. The van der Waals surface area contributed by atoms with Crippen molar-refractivity contribution in [1.29, 1.82) is 0 Å². The van der Waals surface area contributed by atoms with E-state index in [2.05, 4.69) is 5.16 Å². The summed E-state index contributed by atoms with van der Waals surface area (Å²) in [6, 6.07) is 7.11. The molecule has 1 aromatic carbocycles. The number of anilines is 2. The van der Waals surface area contributed by atoms with Crippen LogP contribution in [0.1, 0.15) is 0 Å². The molecule has 0 bridgehead atoms. The first-order valence-corrected chi connectivity index (χ1v) is 4.33. The van der Waals surface area contributed by atoms with Crippen LogP contribution in [-0.2, 0) is 0 Å². The van der Waals surface area contributed by atoms with Crippen molar-refractivity contribution in [3.05, 3.63) is 29.3 Å². The second-order valence-electron chi connectivity index (χ2n) is 2.82. The smallest absolute Gasteiger partial charge is 0.245 e. The number of aromatic nitrogens is 1. The van der Waals surface area contributed by atoms with E-state index in [1.807, 2.05) is 0 Å². The summed E-state index contributed by atoms with van der Waals surface area (Å²) >= 11 is 5.74. The van der Waals surface area contributed by atoms with Crippen LogP contribution < -0.4 is 11.5 Å². The zero-order valence-corrected chi connectivity index (χ0v) is 7.95. The Labute approximate surface area is 85.4 Å². The molecule has 4 N–H and O–H groups in total. The Balaban J connectivity index is 2.49. The van der Waals surface area contributed by atoms with Crippen molar-refractivity contribution in [1.82, 2.24) is 5.16 Å². The Bertz CT molecular complexity index is 450. The lowest BCUT2D eigenvalue weighted by Crippen LogP contribution is -1.91. The number of hydrogen-bond donors (Lipinski definition) is 2. The topological polar surface area (TPSA) is 78.1 Å². The van der Waals surface area contributed by atoms with Gasteiger partial charge in [-0.3, -0.25) is 0 Å². The first-order valence-electron chi connectivity index (χ1n) is 3.95. The van der Waals surface area contributed by atoms with Crippen molar-refractivity contribution in [2.24, 2.45) is 0 Å². The van der Waals surface area contributed by atoms with E-state index >= 15 is 0 Å². The summed E-state index contributed by atoms with van der Waals surface area (Å²) in [5, 5.41) is 4.40. The van der Waals surface area contributed by atoms with Gasteiger partial charge in [-0.1, -0.05) is 28.9 Å². The van der Waals surface area contributed by atoms with E-state index in [0.717, 1.165) is 5.56 Å². The third kappa shape index (κ3) is 1.40. The summed E-state index contributed by atoms with van der Waals surface area (Å²) in [5.74, 6) is 0.134. The number of nitrogens with zero attached hydrogens (tertiary/aromatic N) is 1. The molecule has 0 spiro atoms. The van der Waals surface area contributed by atoms with Gasteiger partial charge in [0.25, 0.3) is 0 Å². The summed E-state index contributed by atoms with van der Waals surface area (Å²) in [4.78, 5) is 0. The van der Waals surface area contributed by atoms with Crippen molar-refractivity contribution in [3.8, 4) is 11.3 Å². The minimum absolute atomic E-state index is 0.134. The predicted molar refractivity (Wildman–Crippen MR) is 55.8 cm³/mol. The molecule has 72 valence electrons. The molecular weight excluding hydrogens is 202 g/mol. The maximum absolute atomic E-state index is 5.74. The number of hydrogen-bond acceptors (Lipinski definition) is 4. The van der Waals surface area contributed by atoms with Gasteiger partial charge in [-0.05, 0) is 12.1 Å². The first-order chi connectivity index (χ1) is 6.68. The van der Waals surface area contributed by atoms with Crippen LogP contribution in [0.3, 0.4) is 0 Å². The normalized spacial score (nSPS) is 10.4. The van der Waals surface area contributed by atoms with Crippen LogP contribution in [0.15, 0.2) is 28.8 Å². The minimum atomic E-state index is 0.134. The number of benzene rings is 1. The largest absolute Gasteiger partial charge is 0.392 e. The lowest BCUT2D eigenvalue weighted by atomic mass is 10.1. The Morgan fingerprint density at radius 2 is 1.79 bits per heavy atom. The molecule has 4 nitrogen and oxygen atoms in total. The zero-order chi connectivity index (χ0) is 10.1. The third-order valence-corrected chi connectivity index (χ3v) is 2.13. The fourth-order valence-corrected chi connectivity index (χ4v) is 1.25. The summed E-state index contributed by atoms with van der Waals surface area (Å²) in [7, 11) is 0. The van der Waals surface area contributed by atoms with E-state index < -0.39 is 0 Å². The molecule has 0 aliphatic rings. The molecule has 2 aromatic rings. The summed E-state index contributed by atoms with van der Waals surface area (Å²) in [6.45, 7) is 0. The second-order valence-corrected chi connectivity index (χ2v) is 3.25. The number of halogens is 1. The summed E-state index contributed by atoms with van der Waals surface area (Å²) in [5.41, 5.74) is 12.8. The maximum Gasteiger partial charge on any atom is 0.245 e. The van der Waals surface area contributed by atoms with E-state index in [-0.39, 0.29) is 5.88 Å². The van der Waals surface area contributed by atoms with Crippen LogP contribution in [0.4, 0.5) is 11.6 Å². The lowest BCUT2D eigenvalue weighted by Gasteiger charge is -1.96. The van der Waals surface area contributed by atoms with Gasteiger partial charge < -0.3 is 16.0 Å². The molecule has 0 saturated heterocycles. The average molecular weight is 210 g/mol. The summed E-state index contributed by atoms with van der Waals surface area (Å²) in [6.07, 6.45) is 0. The molecule has 14 heavy (non-hydrogen) atoms. The van der Waals surface area contributed by atoms with E-state index in [0.29, 0.717) is 16.4 Å². The van der Waals surface area contributed by atoms with Gasteiger partial charge in [0, 0.05) is 10.6 Å². The quantitative estimate of drug-likeness (QED) is 0.755. The molecule has 0 aliphatic heterocycles. The van der Waals surface area contributed by atoms with Gasteiger partial charge in [0.15, 0.2) is 0 Å². The molecule has 0 radical (unpaired) electrons. The molecule has 5 heteroatoms. The van der Waals surface area contributed by atoms with Gasteiger partial charge in [-0.15, -0.1) is 0 Å². The van der Waals surface area contributed by atoms with Crippen molar-refractivity contribution < 1.29 is 4.52 Å². The Morgan fingerprint density at radius 1 is 1.14 bits per heavy atom. The highest BCUT2D eigenvalue weighted by atomic mass is 35.5. The number of nitrogens with two attached hydrogens (primary N) is 2. The molecule has 0 aliphatic carbocycles. The van der Waals surface area contributed by atoms with E-state index in [4.69, 9.17) is 27.6 Å². The highest BCUT2D eigenvalue weighted by Crippen LogP contribution is 2.29. The van der Waals surface area contributed by atoms with Gasteiger partial charge in [0.1, 0.15) is 11.4 Å². The van der Waals surface area contributed by atoms with Gasteiger partial charge >= 0.3 is 0 Å². The van der Waals surface area contributed by atoms with E-state index in [9.17, 15) is 0 Å². The minimum Gasteiger partial charge on any atom is -0.392 e. The van der Waals surface area contributed by atoms with Crippen molar-refractivity contribution in [2.75, 3.05) is 11.5 Å². The van der Waals surface area contributed by atoms with Crippen LogP contribution >= 0.6 is 11.6 Å². The Kier molecular flexibility index (Phi) is 2.05. The maximum atomic E-state index is 5.74. The predicted octanol–water partition coefficient (Wildman–Crippen LogP) is 2.16. The number of rotatable bonds is 1. The molecule has 0 saturated carbocycles. The molecule has 0 amide bonds. The van der Waals surface area contributed by atoms with Crippen LogP contribution in [0.5, 0.6) is 0 Å².